The molecule has 0 spiro atoms. The molecule has 2 nitrogen and oxygen atoms in total. The number of hydrogen-bond donors (Lipinski definition) is 0. The summed E-state index contributed by atoms with van der Waals surface area (Å²) in [5.41, 5.74) is 0.911. The van der Waals surface area contributed by atoms with Crippen molar-refractivity contribution in [3.05, 3.63) is 29.8 Å². The Morgan fingerprint density at radius 2 is 2.12 bits per heavy atom. The average Bonchev–Trinajstić information content (AvgIpc) is 2.29. The van der Waals surface area contributed by atoms with Gasteiger partial charge in [-0.15, -0.1) is 0 Å². The summed E-state index contributed by atoms with van der Waals surface area (Å²) in [6.07, 6.45) is 3.72. The zero-order valence-corrected chi connectivity index (χ0v) is 10.7. The molecule has 0 atom stereocenters. The number of halogens is 1. The van der Waals surface area contributed by atoms with Crippen molar-refractivity contribution in [2.75, 3.05) is 11.9 Å². The third-order valence-electron chi connectivity index (χ3n) is 3.24. The molecule has 0 N–H and O–H groups in total. The van der Waals surface area contributed by atoms with Crippen molar-refractivity contribution in [3.63, 3.8) is 0 Å². The quantitative estimate of drug-likeness (QED) is 0.791. The first-order valence-corrected chi connectivity index (χ1v) is 6.60. The van der Waals surface area contributed by atoms with Gasteiger partial charge >= 0.3 is 0 Å². The second kappa shape index (κ2) is 4.88. The van der Waals surface area contributed by atoms with E-state index < -0.39 is 0 Å². The second-order valence-corrected chi connectivity index (χ2v) is 4.94. The molecule has 0 heterocycles. The van der Waals surface area contributed by atoms with Gasteiger partial charge in [0.2, 0.25) is 0 Å². The van der Waals surface area contributed by atoms with Gasteiger partial charge in [-0.05, 0) is 25.0 Å². The lowest BCUT2D eigenvalue weighted by Crippen LogP contribution is -2.37. The number of nitriles is 1. The largest absolute Gasteiger partial charge is 0.492 e. The zero-order chi connectivity index (χ0) is 11.4. The van der Waals surface area contributed by atoms with Crippen LogP contribution in [0.3, 0.4) is 0 Å². The fourth-order valence-electron chi connectivity index (χ4n) is 1.91. The Morgan fingerprint density at radius 1 is 1.38 bits per heavy atom. The summed E-state index contributed by atoms with van der Waals surface area (Å²) in [6.45, 7) is 0.705. The summed E-state index contributed by atoms with van der Waals surface area (Å²) in [6, 6.07) is 9.55. The highest BCUT2D eigenvalue weighted by Crippen LogP contribution is 2.42. The summed E-state index contributed by atoms with van der Waals surface area (Å²) < 4.78 is 5.77. The van der Waals surface area contributed by atoms with Crippen LogP contribution in [-0.4, -0.2) is 11.9 Å². The molecule has 1 aliphatic carbocycles. The van der Waals surface area contributed by atoms with Crippen molar-refractivity contribution in [1.82, 2.24) is 0 Å². The van der Waals surface area contributed by atoms with Gasteiger partial charge in [-0.25, -0.2) is 0 Å². The van der Waals surface area contributed by atoms with Crippen molar-refractivity contribution in [2.24, 2.45) is 5.41 Å². The Bertz CT molecular complexity index is 401. The maximum absolute atomic E-state index is 8.94. The normalized spacial score (nSPS) is 17.2. The van der Waals surface area contributed by atoms with Crippen LogP contribution in [-0.2, 0) is 0 Å². The molecule has 16 heavy (non-hydrogen) atoms. The first-order chi connectivity index (χ1) is 7.79. The maximum atomic E-state index is 8.94. The first kappa shape index (κ1) is 11.5. The second-order valence-electron chi connectivity index (χ2n) is 4.38. The lowest BCUT2D eigenvalue weighted by Gasteiger charge is -2.40. The number of ether oxygens (including phenoxy) is 1. The van der Waals surface area contributed by atoms with Crippen molar-refractivity contribution >= 4 is 15.9 Å². The lowest BCUT2D eigenvalue weighted by molar-refractivity contribution is 0.0836. The minimum atomic E-state index is 0.294. The SMILES string of the molecule is N#Cc1ccccc1OCC1(CBr)CCC1. The van der Waals surface area contributed by atoms with Gasteiger partial charge in [0.05, 0.1) is 12.2 Å². The maximum Gasteiger partial charge on any atom is 0.137 e. The third-order valence-corrected chi connectivity index (χ3v) is 4.43. The topological polar surface area (TPSA) is 33.0 Å². The Morgan fingerprint density at radius 3 is 2.69 bits per heavy atom. The molecule has 0 radical (unpaired) electrons. The molecule has 0 aliphatic heterocycles. The lowest BCUT2D eigenvalue weighted by atomic mass is 9.71. The fourth-order valence-corrected chi connectivity index (χ4v) is 2.63. The standard InChI is InChI=1S/C13H14BrNO/c14-9-13(6-3-7-13)10-16-12-5-2-1-4-11(12)8-15/h1-2,4-5H,3,6-7,9-10H2. The Balaban J connectivity index is 2.02. The summed E-state index contributed by atoms with van der Waals surface area (Å²) >= 11 is 3.55. The molecule has 0 bridgehead atoms. The first-order valence-electron chi connectivity index (χ1n) is 5.48. The summed E-state index contributed by atoms with van der Waals surface area (Å²) in [5.74, 6) is 0.706. The van der Waals surface area contributed by atoms with Gasteiger partial charge in [-0.2, -0.15) is 5.26 Å². The van der Waals surface area contributed by atoms with E-state index in [1.165, 1.54) is 19.3 Å². The van der Waals surface area contributed by atoms with Crippen LogP contribution in [0.4, 0.5) is 0 Å². The van der Waals surface area contributed by atoms with Gasteiger partial charge in [-0.1, -0.05) is 34.5 Å². The van der Waals surface area contributed by atoms with Gasteiger partial charge in [0, 0.05) is 10.7 Å². The molecule has 0 unspecified atom stereocenters. The van der Waals surface area contributed by atoms with Crippen LogP contribution in [0.25, 0.3) is 0 Å². The molecule has 0 saturated heterocycles. The average molecular weight is 280 g/mol. The molecule has 1 saturated carbocycles. The Labute approximate surface area is 104 Å². The number of rotatable bonds is 4. The molecule has 1 fully saturated rings. The molecule has 1 aromatic carbocycles. The number of nitrogens with zero attached hydrogens (tertiary/aromatic N) is 1. The van der Waals surface area contributed by atoms with E-state index in [1.54, 1.807) is 6.07 Å². The van der Waals surface area contributed by atoms with Crippen molar-refractivity contribution in [3.8, 4) is 11.8 Å². The van der Waals surface area contributed by atoms with Crippen molar-refractivity contribution < 1.29 is 4.74 Å². The van der Waals surface area contributed by atoms with Crippen molar-refractivity contribution in [2.45, 2.75) is 19.3 Å². The van der Waals surface area contributed by atoms with Crippen molar-refractivity contribution in [1.29, 1.82) is 5.26 Å². The minimum Gasteiger partial charge on any atom is -0.492 e. The molecular formula is C13H14BrNO. The van der Waals surface area contributed by atoms with E-state index in [-0.39, 0.29) is 0 Å². The van der Waals surface area contributed by atoms with Gasteiger partial charge in [0.15, 0.2) is 0 Å². The predicted molar refractivity (Wildman–Crippen MR) is 66.7 cm³/mol. The van der Waals surface area contributed by atoms with Gasteiger partial charge in [0.1, 0.15) is 11.8 Å². The van der Waals surface area contributed by atoms with Crippen LogP contribution in [0.15, 0.2) is 24.3 Å². The van der Waals surface area contributed by atoms with Crippen LogP contribution in [0.2, 0.25) is 0 Å². The van der Waals surface area contributed by atoms with Crippen LogP contribution in [0.1, 0.15) is 24.8 Å². The Kier molecular flexibility index (Phi) is 3.50. The number of para-hydroxylation sites is 1. The molecule has 1 aromatic rings. The van der Waals surface area contributed by atoms with E-state index in [1.807, 2.05) is 18.2 Å². The number of alkyl halides is 1. The van der Waals surface area contributed by atoms with E-state index in [0.717, 1.165) is 5.33 Å². The van der Waals surface area contributed by atoms with E-state index in [4.69, 9.17) is 10.00 Å². The van der Waals surface area contributed by atoms with E-state index in [9.17, 15) is 0 Å². The monoisotopic (exact) mass is 279 g/mol. The molecule has 3 heteroatoms. The predicted octanol–water partition coefficient (Wildman–Crippen LogP) is 3.50. The summed E-state index contributed by atoms with van der Waals surface area (Å²) in [5, 5.41) is 9.92. The molecule has 1 aliphatic rings. The Hall–Kier alpha value is -1.01. The van der Waals surface area contributed by atoms with E-state index >= 15 is 0 Å². The van der Waals surface area contributed by atoms with Crippen LogP contribution < -0.4 is 4.74 Å². The van der Waals surface area contributed by atoms with Crippen LogP contribution in [0.5, 0.6) is 5.75 Å². The number of benzene rings is 1. The van der Waals surface area contributed by atoms with Crippen LogP contribution >= 0.6 is 15.9 Å². The van der Waals surface area contributed by atoms with E-state index in [2.05, 4.69) is 22.0 Å². The molecule has 0 amide bonds. The van der Waals surface area contributed by atoms with E-state index in [0.29, 0.717) is 23.3 Å². The highest BCUT2D eigenvalue weighted by atomic mass is 79.9. The highest BCUT2D eigenvalue weighted by Gasteiger charge is 2.36. The third kappa shape index (κ3) is 2.22. The summed E-state index contributed by atoms with van der Waals surface area (Å²) in [4.78, 5) is 0. The van der Waals surface area contributed by atoms with Gasteiger partial charge < -0.3 is 4.74 Å². The molecular weight excluding hydrogens is 266 g/mol. The summed E-state index contributed by atoms with van der Waals surface area (Å²) in [7, 11) is 0. The molecule has 2 rings (SSSR count). The minimum absolute atomic E-state index is 0.294. The van der Waals surface area contributed by atoms with Gasteiger partial charge in [-0.3, -0.25) is 0 Å². The molecule has 0 aromatic heterocycles. The number of hydrogen-bond acceptors (Lipinski definition) is 2. The fraction of sp³-hybridized carbons (Fsp3) is 0.462. The highest BCUT2D eigenvalue weighted by molar-refractivity contribution is 9.09. The molecule has 84 valence electrons. The smallest absolute Gasteiger partial charge is 0.137 e. The van der Waals surface area contributed by atoms with Crippen LogP contribution in [0, 0.1) is 16.7 Å². The van der Waals surface area contributed by atoms with Gasteiger partial charge in [0.25, 0.3) is 0 Å². The zero-order valence-electron chi connectivity index (χ0n) is 9.08.